The van der Waals surface area contributed by atoms with E-state index in [-0.39, 0.29) is 0 Å². The van der Waals surface area contributed by atoms with Gasteiger partial charge < -0.3 is 20.8 Å². The van der Waals surface area contributed by atoms with E-state index in [0.717, 1.165) is 29.9 Å². The molecule has 0 aliphatic rings. The molecule has 0 bridgehead atoms. The molecule has 86 valence electrons. The van der Waals surface area contributed by atoms with Crippen molar-refractivity contribution < 1.29 is 4.42 Å². The number of furan rings is 1. The van der Waals surface area contributed by atoms with Crippen molar-refractivity contribution in [2.75, 3.05) is 31.1 Å². The van der Waals surface area contributed by atoms with Gasteiger partial charge in [-0.25, -0.2) is 4.98 Å². The molecule has 2 aromatic heterocycles. The number of hydrogen-bond acceptors (Lipinski definition) is 5. The van der Waals surface area contributed by atoms with Crippen molar-refractivity contribution in [3.63, 3.8) is 0 Å². The summed E-state index contributed by atoms with van der Waals surface area (Å²) in [6, 6.07) is 3.76. The zero-order valence-corrected chi connectivity index (χ0v) is 9.10. The van der Waals surface area contributed by atoms with Gasteiger partial charge in [-0.3, -0.25) is 0 Å². The molecular weight excluding hydrogens is 204 g/mol. The molecule has 0 saturated heterocycles. The molecule has 0 unspecified atom stereocenters. The number of hydrogen-bond donors (Lipinski definition) is 2. The van der Waals surface area contributed by atoms with E-state index in [1.165, 1.54) is 0 Å². The molecule has 5 heteroatoms. The summed E-state index contributed by atoms with van der Waals surface area (Å²) in [5.74, 6) is 0.891. The van der Waals surface area contributed by atoms with E-state index in [9.17, 15) is 0 Å². The third kappa shape index (κ3) is 2.00. The molecule has 5 nitrogen and oxygen atoms in total. The average molecular weight is 220 g/mol. The van der Waals surface area contributed by atoms with Crippen LogP contribution in [0.4, 0.5) is 5.82 Å². The smallest absolute Gasteiger partial charge is 0.139 e. The van der Waals surface area contributed by atoms with Crippen LogP contribution in [0, 0.1) is 0 Å². The predicted molar refractivity (Wildman–Crippen MR) is 64.3 cm³/mol. The van der Waals surface area contributed by atoms with Crippen molar-refractivity contribution in [2.45, 2.75) is 0 Å². The molecule has 4 N–H and O–H groups in total. The summed E-state index contributed by atoms with van der Waals surface area (Å²) in [6.07, 6.45) is 3.40. The lowest BCUT2D eigenvalue weighted by Gasteiger charge is -2.22. The van der Waals surface area contributed by atoms with Gasteiger partial charge in [0.1, 0.15) is 11.4 Å². The van der Waals surface area contributed by atoms with Crippen LogP contribution in [0.25, 0.3) is 11.0 Å². The Hall–Kier alpha value is -1.59. The Morgan fingerprint density at radius 1 is 1.19 bits per heavy atom. The third-order valence-corrected chi connectivity index (χ3v) is 2.46. The van der Waals surface area contributed by atoms with Crippen molar-refractivity contribution in [2.24, 2.45) is 11.5 Å². The first-order chi connectivity index (χ1) is 7.86. The third-order valence-electron chi connectivity index (χ3n) is 2.46. The Bertz CT molecular complexity index is 448. The minimum absolute atomic E-state index is 0.579. The van der Waals surface area contributed by atoms with Crippen molar-refractivity contribution >= 4 is 16.8 Å². The number of rotatable bonds is 5. The first-order valence-corrected chi connectivity index (χ1v) is 5.34. The van der Waals surface area contributed by atoms with Gasteiger partial charge in [0.25, 0.3) is 0 Å². The van der Waals surface area contributed by atoms with E-state index in [0.29, 0.717) is 13.1 Å². The van der Waals surface area contributed by atoms with Gasteiger partial charge in [-0.2, -0.15) is 0 Å². The molecule has 2 heterocycles. The number of nitrogens with zero attached hydrogens (tertiary/aromatic N) is 2. The maximum absolute atomic E-state index is 5.58. The maximum Gasteiger partial charge on any atom is 0.139 e. The van der Waals surface area contributed by atoms with Crippen LogP contribution in [-0.2, 0) is 0 Å². The van der Waals surface area contributed by atoms with Gasteiger partial charge >= 0.3 is 0 Å². The summed E-state index contributed by atoms with van der Waals surface area (Å²) in [7, 11) is 0. The largest absolute Gasteiger partial charge is 0.464 e. The minimum Gasteiger partial charge on any atom is -0.464 e. The van der Waals surface area contributed by atoms with Gasteiger partial charge in [0, 0.05) is 32.4 Å². The van der Waals surface area contributed by atoms with Gasteiger partial charge in [-0.1, -0.05) is 0 Å². The van der Waals surface area contributed by atoms with E-state index in [1.54, 1.807) is 12.5 Å². The molecule has 0 saturated carbocycles. The van der Waals surface area contributed by atoms with Crippen molar-refractivity contribution in [3.05, 3.63) is 24.6 Å². The summed E-state index contributed by atoms with van der Waals surface area (Å²) in [5.41, 5.74) is 12.0. The molecule has 0 atom stereocenters. The van der Waals surface area contributed by atoms with Crippen LogP contribution in [0.2, 0.25) is 0 Å². The molecule has 0 spiro atoms. The Labute approximate surface area is 94.0 Å². The second-order valence-electron chi connectivity index (χ2n) is 3.53. The SMILES string of the molecule is NCCN(CCN)c1nccc2occc12. The molecule has 2 aromatic rings. The van der Waals surface area contributed by atoms with Gasteiger partial charge in [0.2, 0.25) is 0 Å². The highest BCUT2D eigenvalue weighted by Crippen LogP contribution is 2.24. The molecule has 16 heavy (non-hydrogen) atoms. The molecule has 0 amide bonds. The zero-order valence-electron chi connectivity index (χ0n) is 9.10. The average Bonchev–Trinajstić information content (AvgIpc) is 2.76. The second kappa shape index (κ2) is 4.96. The lowest BCUT2D eigenvalue weighted by atomic mass is 10.3. The van der Waals surface area contributed by atoms with Gasteiger partial charge in [-0.05, 0) is 12.1 Å². The van der Waals surface area contributed by atoms with Crippen molar-refractivity contribution in [3.8, 4) is 0 Å². The summed E-state index contributed by atoms with van der Waals surface area (Å²) >= 11 is 0. The summed E-state index contributed by atoms with van der Waals surface area (Å²) < 4.78 is 5.34. The van der Waals surface area contributed by atoms with Crippen LogP contribution >= 0.6 is 0 Å². The Balaban J connectivity index is 2.38. The Morgan fingerprint density at radius 3 is 2.62 bits per heavy atom. The number of anilines is 1. The predicted octanol–water partition coefficient (Wildman–Crippen LogP) is 0.552. The van der Waals surface area contributed by atoms with Gasteiger partial charge in [0.15, 0.2) is 0 Å². The number of fused-ring (bicyclic) bond motifs is 1. The van der Waals surface area contributed by atoms with Crippen LogP contribution in [-0.4, -0.2) is 31.2 Å². The fourth-order valence-electron chi connectivity index (χ4n) is 1.77. The first kappa shape index (κ1) is 10.9. The van der Waals surface area contributed by atoms with Crippen LogP contribution in [0.15, 0.2) is 29.0 Å². The first-order valence-electron chi connectivity index (χ1n) is 5.34. The van der Waals surface area contributed by atoms with Crippen molar-refractivity contribution in [1.82, 2.24) is 4.98 Å². The quantitative estimate of drug-likeness (QED) is 0.769. The monoisotopic (exact) mass is 220 g/mol. The molecule has 0 fully saturated rings. The van der Waals surface area contributed by atoms with Crippen LogP contribution < -0.4 is 16.4 Å². The number of pyridine rings is 1. The summed E-state index contributed by atoms with van der Waals surface area (Å²) in [4.78, 5) is 6.45. The Morgan fingerprint density at radius 2 is 1.94 bits per heavy atom. The lowest BCUT2D eigenvalue weighted by Crippen LogP contribution is -2.34. The van der Waals surface area contributed by atoms with E-state index >= 15 is 0 Å². The molecule has 0 radical (unpaired) electrons. The standard InChI is InChI=1S/C11H16N4O/c12-3-6-15(7-4-13)11-9-2-8-16-10(9)1-5-14-11/h1-2,5,8H,3-4,6-7,12-13H2. The molecule has 0 aliphatic carbocycles. The molecular formula is C11H16N4O. The topological polar surface area (TPSA) is 81.3 Å². The second-order valence-corrected chi connectivity index (χ2v) is 3.53. The summed E-state index contributed by atoms with van der Waals surface area (Å²) in [5, 5.41) is 1.00. The van der Waals surface area contributed by atoms with Gasteiger partial charge in [-0.15, -0.1) is 0 Å². The maximum atomic E-state index is 5.58. The fourth-order valence-corrected chi connectivity index (χ4v) is 1.77. The highest BCUT2D eigenvalue weighted by Gasteiger charge is 2.11. The Kier molecular flexibility index (Phi) is 3.38. The number of nitrogens with two attached hydrogens (primary N) is 2. The molecule has 0 aliphatic heterocycles. The number of aromatic nitrogens is 1. The van der Waals surface area contributed by atoms with Crippen LogP contribution in [0.1, 0.15) is 0 Å². The zero-order chi connectivity index (χ0) is 11.4. The normalized spacial score (nSPS) is 10.9. The van der Waals surface area contributed by atoms with E-state index in [4.69, 9.17) is 15.9 Å². The van der Waals surface area contributed by atoms with E-state index < -0.39 is 0 Å². The molecule has 2 rings (SSSR count). The summed E-state index contributed by atoms with van der Waals surface area (Å²) in [6.45, 7) is 2.65. The van der Waals surface area contributed by atoms with Crippen LogP contribution in [0.5, 0.6) is 0 Å². The van der Waals surface area contributed by atoms with E-state index in [1.807, 2.05) is 12.1 Å². The minimum atomic E-state index is 0.579. The highest BCUT2D eigenvalue weighted by atomic mass is 16.3. The van der Waals surface area contributed by atoms with E-state index in [2.05, 4.69) is 9.88 Å². The van der Waals surface area contributed by atoms with Crippen molar-refractivity contribution in [1.29, 1.82) is 0 Å². The highest BCUT2D eigenvalue weighted by molar-refractivity contribution is 5.88. The fraction of sp³-hybridized carbons (Fsp3) is 0.364. The lowest BCUT2D eigenvalue weighted by molar-refractivity contribution is 0.615. The van der Waals surface area contributed by atoms with Gasteiger partial charge in [0.05, 0.1) is 11.6 Å². The van der Waals surface area contributed by atoms with Crippen LogP contribution in [0.3, 0.4) is 0 Å². The molecule has 0 aromatic carbocycles.